The molecule has 0 aliphatic rings. The standard InChI is InChI=1S/C11H14N2O2/c1-7(12-2)11-13-10-8(14-3)5-4-6-9(10)15-11/h4-7,12H,1-3H3. The summed E-state index contributed by atoms with van der Waals surface area (Å²) in [5.74, 6) is 1.42. The first-order valence-corrected chi connectivity index (χ1v) is 4.87. The molecule has 2 rings (SSSR count). The minimum atomic E-state index is 0.0992. The number of oxazole rings is 1. The molecule has 0 amide bonds. The molecule has 1 N–H and O–H groups in total. The Balaban J connectivity index is 2.55. The van der Waals surface area contributed by atoms with Crippen LogP contribution in [0.4, 0.5) is 0 Å². The van der Waals surface area contributed by atoms with Gasteiger partial charge in [-0.3, -0.25) is 0 Å². The summed E-state index contributed by atoms with van der Waals surface area (Å²) in [6.07, 6.45) is 0. The van der Waals surface area contributed by atoms with Gasteiger partial charge in [-0.05, 0) is 26.1 Å². The molecular weight excluding hydrogens is 192 g/mol. The molecule has 15 heavy (non-hydrogen) atoms. The Morgan fingerprint density at radius 3 is 2.93 bits per heavy atom. The number of benzene rings is 1. The van der Waals surface area contributed by atoms with Crippen LogP contribution in [0.5, 0.6) is 5.75 Å². The predicted molar refractivity (Wildman–Crippen MR) is 58.0 cm³/mol. The van der Waals surface area contributed by atoms with Crippen LogP contribution in [0.25, 0.3) is 11.1 Å². The van der Waals surface area contributed by atoms with Crippen molar-refractivity contribution < 1.29 is 9.15 Å². The largest absolute Gasteiger partial charge is 0.494 e. The maximum atomic E-state index is 5.61. The number of rotatable bonds is 3. The Kier molecular flexibility index (Phi) is 2.60. The zero-order valence-corrected chi connectivity index (χ0v) is 9.07. The number of ether oxygens (including phenoxy) is 1. The maximum Gasteiger partial charge on any atom is 0.212 e. The van der Waals surface area contributed by atoms with Crippen molar-refractivity contribution in [2.45, 2.75) is 13.0 Å². The molecule has 1 atom stereocenters. The maximum absolute atomic E-state index is 5.61. The monoisotopic (exact) mass is 206 g/mol. The Morgan fingerprint density at radius 2 is 2.27 bits per heavy atom. The fourth-order valence-corrected chi connectivity index (χ4v) is 1.41. The van der Waals surface area contributed by atoms with Crippen molar-refractivity contribution in [3.05, 3.63) is 24.1 Å². The molecule has 1 aromatic carbocycles. The van der Waals surface area contributed by atoms with Gasteiger partial charge in [0.25, 0.3) is 0 Å². The topological polar surface area (TPSA) is 47.3 Å². The molecule has 4 heteroatoms. The first-order chi connectivity index (χ1) is 7.26. The Hall–Kier alpha value is -1.55. The highest BCUT2D eigenvalue weighted by molar-refractivity contribution is 5.79. The molecule has 4 nitrogen and oxygen atoms in total. The predicted octanol–water partition coefficient (Wildman–Crippen LogP) is 2.12. The quantitative estimate of drug-likeness (QED) is 0.835. The van der Waals surface area contributed by atoms with Crippen molar-refractivity contribution >= 4 is 11.1 Å². The average Bonchev–Trinajstić information content (AvgIpc) is 2.71. The molecule has 1 aromatic heterocycles. The fraction of sp³-hybridized carbons (Fsp3) is 0.364. The molecule has 0 aliphatic heterocycles. The van der Waals surface area contributed by atoms with Crippen LogP contribution in [0.15, 0.2) is 22.6 Å². The molecule has 1 unspecified atom stereocenters. The lowest BCUT2D eigenvalue weighted by molar-refractivity contribution is 0.419. The number of nitrogens with zero attached hydrogens (tertiary/aromatic N) is 1. The van der Waals surface area contributed by atoms with Gasteiger partial charge in [0.05, 0.1) is 13.2 Å². The van der Waals surface area contributed by atoms with Gasteiger partial charge in [-0.25, -0.2) is 4.98 Å². The van der Waals surface area contributed by atoms with E-state index in [-0.39, 0.29) is 6.04 Å². The lowest BCUT2D eigenvalue weighted by Gasteiger charge is -2.02. The number of fused-ring (bicyclic) bond motifs is 1. The van der Waals surface area contributed by atoms with E-state index < -0.39 is 0 Å². The van der Waals surface area contributed by atoms with Crippen LogP contribution in [0.2, 0.25) is 0 Å². The molecule has 0 aliphatic carbocycles. The van der Waals surface area contributed by atoms with E-state index in [1.54, 1.807) is 7.11 Å². The van der Waals surface area contributed by atoms with Gasteiger partial charge in [-0.2, -0.15) is 0 Å². The van der Waals surface area contributed by atoms with Crippen LogP contribution >= 0.6 is 0 Å². The van der Waals surface area contributed by atoms with Gasteiger partial charge in [-0.15, -0.1) is 0 Å². The summed E-state index contributed by atoms with van der Waals surface area (Å²) in [7, 11) is 3.50. The number of aromatic nitrogens is 1. The molecule has 1 heterocycles. The number of nitrogens with one attached hydrogen (secondary N) is 1. The van der Waals surface area contributed by atoms with Crippen LogP contribution in [0, 0.1) is 0 Å². The number of hydrogen-bond acceptors (Lipinski definition) is 4. The van der Waals surface area contributed by atoms with Crippen molar-refractivity contribution in [3.63, 3.8) is 0 Å². The zero-order chi connectivity index (χ0) is 10.8. The number of para-hydroxylation sites is 1. The van der Waals surface area contributed by atoms with Crippen molar-refractivity contribution in [3.8, 4) is 5.75 Å². The third-order valence-electron chi connectivity index (χ3n) is 2.42. The molecule has 0 spiro atoms. The molecular formula is C11H14N2O2. The van der Waals surface area contributed by atoms with E-state index in [0.29, 0.717) is 5.89 Å². The van der Waals surface area contributed by atoms with Gasteiger partial charge >= 0.3 is 0 Å². The van der Waals surface area contributed by atoms with Crippen molar-refractivity contribution in [2.24, 2.45) is 0 Å². The molecule has 0 fully saturated rings. The summed E-state index contributed by atoms with van der Waals surface area (Å²) in [6.45, 7) is 2.00. The fourth-order valence-electron chi connectivity index (χ4n) is 1.41. The molecule has 0 saturated carbocycles. The first-order valence-electron chi connectivity index (χ1n) is 4.87. The summed E-state index contributed by atoms with van der Waals surface area (Å²) in [6, 6.07) is 5.75. The molecule has 0 bridgehead atoms. The Bertz CT molecular complexity index is 465. The zero-order valence-electron chi connectivity index (χ0n) is 9.07. The van der Waals surface area contributed by atoms with Gasteiger partial charge in [0, 0.05) is 0 Å². The van der Waals surface area contributed by atoms with Gasteiger partial charge in [0.15, 0.2) is 11.1 Å². The second kappa shape index (κ2) is 3.90. The summed E-state index contributed by atoms with van der Waals surface area (Å²) in [5, 5.41) is 3.08. The second-order valence-electron chi connectivity index (χ2n) is 3.37. The SMILES string of the molecule is CNC(C)c1nc2c(OC)cccc2o1. The highest BCUT2D eigenvalue weighted by atomic mass is 16.5. The van der Waals surface area contributed by atoms with E-state index in [1.165, 1.54) is 0 Å². The van der Waals surface area contributed by atoms with Crippen LogP contribution in [-0.4, -0.2) is 19.1 Å². The Labute approximate surface area is 88.3 Å². The van der Waals surface area contributed by atoms with Crippen molar-refractivity contribution in [1.29, 1.82) is 0 Å². The highest BCUT2D eigenvalue weighted by Gasteiger charge is 2.13. The minimum absolute atomic E-state index is 0.0992. The van der Waals surface area contributed by atoms with Gasteiger partial charge < -0.3 is 14.5 Å². The lowest BCUT2D eigenvalue weighted by Crippen LogP contribution is -2.12. The molecule has 2 aromatic rings. The summed E-state index contributed by atoms with van der Waals surface area (Å²) < 4.78 is 10.8. The van der Waals surface area contributed by atoms with Crippen molar-refractivity contribution in [2.75, 3.05) is 14.2 Å². The average molecular weight is 206 g/mol. The number of methoxy groups -OCH3 is 1. The van der Waals surface area contributed by atoms with Gasteiger partial charge in [0.1, 0.15) is 5.75 Å². The van der Waals surface area contributed by atoms with Crippen LogP contribution in [0.3, 0.4) is 0 Å². The van der Waals surface area contributed by atoms with Crippen LogP contribution in [0.1, 0.15) is 18.9 Å². The smallest absolute Gasteiger partial charge is 0.212 e. The van der Waals surface area contributed by atoms with Crippen LogP contribution < -0.4 is 10.1 Å². The van der Waals surface area contributed by atoms with E-state index in [1.807, 2.05) is 32.2 Å². The Morgan fingerprint density at radius 1 is 1.47 bits per heavy atom. The second-order valence-corrected chi connectivity index (χ2v) is 3.37. The van der Waals surface area contributed by atoms with E-state index in [4.69, 9.17) is 9.15 Å². The first kappa shape index (κ1) is 9.98. The molecule has 0 radical (unpaired) electrons. The molecule has 80 valence electrons. The van der Waals surface area contributed by atoms with E-state index in [9.17, 15) is 0 Å². The summed E-state index contributed by atoms with van der Waals surface area (Å²) in [4.78, 5) is 4.40. The van der Waals surface area contributed by atoms with Crippen LogP contribution in [-0.2, 0) is 0 Å². The summed E-state index contributed by atoms with van der Waals surface area (Å²) >= 11 is 0. The molecule has 0 saturated heterocycles. The van der Waals surface area contributed by atoms with Gasteiger partial charge in [0.2, 0.25) is 5.89 Å². The minimum Gasteiger partial charge on any atom is -0.494 e. The number of hydrogen-bond donors (Lipinski definition) is 1. The van der Waals surface area contributed by atoms with Gasteiger partial charge in [-0.1, -0.05) is 6.07 Å². The summed E-state index contributed by atoms with van der Waals surface area (Å²) in [5.41, 5.74) is 1.53. The third kappa shape index (κ3) is 1.68. The van der Waals surface area contributed by atoms with E-state index >= 15 is 0 Å². The van der Waals surface area contributed by atoms with E-state index in [0.717, 1.165) is 16.8 Å². The lowest BCUT2D eigenvalue weighted by atomic mass is 10.3. The third-order valence-corrected chi connectivity index (χ3v) is 2.42. The highest BCUT2D eigenvalue weighted by Crippen LogP contribution is 2.27. The van der Waals surface area contributed by atoms with Crippen molar-refractivity contribution in [1.82, 2.24) is 10.3 Å². The van der Waals surface area contributed by atoms with E-state index in [2.05, 4.69) is 10.3 Å². The normalized spacial score (nSPS) is 13.0.